The van der Waals surface area contributed by atoms with Crippen LogP contribution in [0.4, 0.5) is 0 Å². The molecule has 3 heteroatoms. The minimum Gasteiger partial charge on any atom is -0.292 e. The zero-order valence-corrected chi connectivity index (χ0v) is 25.6. The van der Waals surface area contributed by atoms with Crippen molar-refractivity contribution >= 4 is 32.7 Å². The van der Waals surface area contributed by atoms with Gasteiger partial charge in [0.1, 0.15) is 5.82 Å². The van der Waals surface area contributed by atoms with Crippen LogP contribution in [0, 0.1) is 0 Å². The largest absolute Gasteiger partial charge is 0.292 e. The topological polar surface area (TPSA) is 30.7 Å². The van der Waals surface area contributed by atoms with Crippen LogP contribution in [0.5, 0.6) is 0 Å². The van der Waals surface area contributed by atoms with Gasteiger partial charge in [-0.1, -0.05) is 140 Å². The van der Waals surface area contributed by atoms with Crippen LogP contribution < -0.4 is 0 Å². The van der Waals surface area contributed by atoms with E-state index in [4.69, 9.17) is 9.97 Å². The van der Waals surface area contributed by atoms with Crippen LogP contribution >= 0.6 is 0 Å². The Morgan fingerprint density at radius 1 is 0.383 bits per heavy atom. The molecule has 0 spiro atoms. The third kappa shape index (κ3) is 4.68. The molecule has 7 aromatic carbocycles. The molecule has 0 radical (unpaired) electrons. The lowest BCUT2D eigenvalue weighted by atomic mass is 9.91. The summed E-state index contributed by atoms with van der Waals surface area (Å²) < 4.78 is 2.24. The van der Waals surface area contributed by atoms with Crippen LogP contribution in [0.1, 0.15) is 0 Å². The van der Waals surface area contributed by atoms with Crippen LogP contribution in [0.2, 0.25) is 0 Å². The average Bonchev–Trinajstić information content (AvgIpc) is 3.55. The Labute approximate surface area is 273 Å². The molecule has 0 fully saturated rings. The van der Waals surface area contributed by atoms with Crippen LogP contribution in [0.25, 0.3) is 83.3 Å². The summed E-state index contributed by atoms with van der Waals surface area (Å²) in [6.45, 7) is 0. The summed E-state index contributed by atoms with van der Waals surface area (Å²) in [5.41, 5.74) is 12.0. The molecule has 0 amide bonds. The van der Waals surface area contributed by atoms with E-state index in [0.29, 0.717) is 0 Å². The molecule has 220 valence electrons. The highest BCUT2D eigenvalue weighted by atomic mass is 15.1. The Balaban J connectivity index is 1.24. The zero-order chi connectivity index (χ0) is 31.2. The van der Waals surface area contributed by atoms with Crippen LogP contribution in [0.15, 0.2) is 176 Å². The first-order valence-electron chi connectivity index (χ1n) is 15.9. The van der Waals surface area contributed by atoms with Crippen molar-refractivity contribution in [1.82, 2.24) is 14.5 Å². The quantitative estimate of drug-likeness (QED) is 0.184. The number of nitrogens with zero attached hydrogens (tertiary/aromatic N) is 3. The molecular weight excluding hydrogens is 571 g/mol. The van der Waals surface area contributed by atoms with Gasteiger partial charge in [-0.3, -0.25) is 4.57 Å². The number of imidazole rings is 1. The van der Waals surface area contributed by atoms with Crippen molar-refractivity contribution in [2.75, 3.05) is 0 Å². The van der Waals surface area contributed by atoms with E-state index in [2.05, 4.69) is 168 Å². The third-order valence-corrected chi connectivity index (χ3v) is 9.00. The minimum absolute atomic E-state index is 0.917. The molecule has 0 aliphatic heterocycles. The first kappa shape index (κ1) is 27.0. The first-order chi connectivity index (χ1) is 23.3. The number of rotatable bonds is 5. The molecule has 0 aliphatic carbocycles. The van der Waals surface area contributed by atoms with E-state index in [1.807, 2.05) is 12.1 Å². The second kappa shape index (κ2) is 11.2. The van der Waals surface area contributed by atoms with Gasteiger partial charge in [-0.05, 0) is 64.0 Å². The van der Waals surface area contributed by atoms with Crippen molar-refractivity contribution < 1.29 is 0 Å². The van der Waals surface area contributed by atoms with E-state index >= 15 is 0 Å². The molecule has 0 unspecified atom stereocenters. The van der Waals surface area contributed by atoms with Crippen molar-refractivity contribution in [2.24, 2.45) is 0 Å². The SMILES string of the molecule is c1ccc(-c2cc3c(-c4ccccc4)cc(-c4ccc(-c5nc6ccccc6n5-c5ccccc5)cc4)nc3c3ccccc23)cc1. The molecule has 9 rings (SSSR count). The van der Waals surface area contributed by atoms with E-state index in [1.54, 1.807) is 0 Å². The standard InChI is InChI=1S/C44H29N3/c1-4-14-30(15-5-1)37-28-39-38(31-16-6-2-7-17-31)29-41(45-43(39)36-21-11-10-20-35(36)37)32-24-26-33(27-25-32)44-46-40-22-12-13-23-42(40)47(44)34-18-8-3-9-19-34/h1-29H. The second-order valence-electron chi connectivity index (χ2n) is 11.8. The molecule has 9 aromatic rings. The fraction of sp³-hybridized carbons (Fsp3) is 0. The van der Waals surface area contributed by atoms with Crippen LogP contribution in [0.3, 0.4) is 0 Å². The van der Waals surface area contributed by atoms with Gasteiger partial charge in [0.2, 0.25) is 0 Å². The smallest absolute Gasteiger partial charge is 0.145 e. The van der Waals surface area contributed by atoms with Crippen LogP contribution in [-0.4, -0.2) is 14.5 Å². The number of hydrogen-bond donors (Lipinski definition) is 0. The van der Waals surface area contributed by atoms with Gasteiger partial charge >= 0.3 is 0 Å². The Bertz CT molecular complexity index is 2530. The molecule has 0 N–H and O–H groups in total. The lowest BCUT2D eigenvalue weighted by Crippen LogP contribution is -1.97. The Kier molecular flexibility index (Phi) is 6.46. The van der Waals surface area contributed by atoms with Crippen molar-refractivity contribution in [3.8, 4) is 50.6 Å². The van der Waals surface area contributed by atoms with Gasteiger partial charge < -0.3 is 0 Å². The lowest BCUT2D eigenvalue weighted by Gasteiger charge is -2.16. The lowest BCUT2D eigenvalue weighted by molar-refractivity contribution is 1.10. The monoisotopic (exact) mass is 599 g/mol. The van der Waals surface area contributed by atoms with Gasteiger partial charge in [-0.25, -0.2) is 9.97 Å². The second-order valence-corrected chi connectivity index (χ2v) is 11.8. The third-order valence-electron chi connectivity index (χ3n) is 9.00. The predicted molar refractivity (Wildman–Crippen MR) is 196 cm³/mol. The summed E-state index contributed by atoms with van der Waals surface area (Å²) in [6.07, 6.45) is 0. The van der Waals surface area contributed by atoms with Crippen LogP contribution in [-0.2, 0) is 0 Å². The van der Waals surface area contributed by atoms with Gasteiger partial charge in [0.25, 0.3) is 0 Å². The summed E-state index contributed by atoms with van der Waals surface area (Å²) in [5, 5.41) is 3.49. The summed E-state index contributed by atoms with van der Waals surface area (Å²) >= 11 is 0. The molecule has 47 heavy (non-hydrogen) atoms. The molecule has 0 saturated carbocycles. The minimum atomic E-state index is 0.917. The van der Waals surface area contributed by atoms with E-state index < -0.39 is 0 Å². The maximum Gasteiger partial charge on any atom is 0.145 e. The molecule has 0 aliphatic rings. The highest BCUT2D eigenvalue weighted by Crippen LogP contribution is 2.40. The predicted octanol–water partition coefficient (Wildman–Crippen LogP) is 11.4. The van der Waals surface area contributed by atoms with E-state index in [1.165, 1.54) is 27.6 Å². The number of aromatic nitrogens is 3. The Hall–Kier alpha value is -6.32. The van der Waals surface area contributed by atoms with Gasteiger partial charge in [-0.2, -0.15) is 0 Å². The normalized spacial score (nSPS) is 11.4. The summed E-state index contributed by atoms with van der Waals surface area (Å²) in [6, 6.07) is 61.9. The zero-order valence-electron chi connectivity index (χ0n) is 25.6. The number of fused-ring (bicyclic) bond motifs is 4. The highest BCUT2D eigenvalue weighted by Gasteiger charge is 2.17. The number of pyridine rings is 1. The molecule has 0 saturated heterocycles. The molecule has 0 bridgehead atoms. The van der Waals surface area contributed by atoms with E-state index in [-0.39, 0.29) is 0 Å². The number of hydrogen-bond acceptors (Lipinski definition) is 2. The first-order valence-corrected chi connectivity index (χ1v) is 15.9. The summed E-state index contributed by atoms with van der Waals surface area (Å²) in [5.74, 6) is 0.917. The molecular formula is C44H29N3. The van der Waals surface area contributed by atoms with E-state index in [0.717, 1.165) is 55.7 Å². The maximum atomic E-state index is 5.38. The van der Waals surface area contributed by atoms with Crippen molar-refractivity contribution in [2.45, 2.75) is 0 Å². The van der Waals surface area contributed by atoms with Crippen molar-refractivity contribution in [1.29, 1.82) is 0 Å². The average molecular weight is 600 g/mol. The number of benzene rings is 7. The van der Waals surface area contributed by atoms with Gasteiger partial charge in [-0.15, -0.1) is 0 Å². The highest BCUT2D eigenvalue weighted by molar-refractivity contribution is 6.16. The Morgan fingerprint density at radius 2 is 0.936 bits per heavy atom. The number of para-hydroxylation sites is 3. The molecule has 0 atom stereocenters. The van der Waals surface area contributed by atoms with Gasteiger partial charge in [0, 0.05) is 27.6 Å². The Morgan fingerprint density at radius 3 is 1.64 bits per heavy atom. The molecule has 2 heterocycles. The fourth-order valence-corrected chi connectivity index (χ4v) is 6.76. The fourth-order valence-electron chi connectivity index (χ4n) is 6.76. The van der Waals surface area contributed by atoms with Crippen molar-refractivity contribution in [3.63, 3.8) is 0 Å². The molecule has 2 aromatic heterocycles. The summed E-state index contributed by atoms with van der Waals surface area (Å²) in [4.78, 5) is 10.4. The van der Waals surface area contributed by atoms with Gasteiger partial charge in [0.05, 0.1) is 22.2 Å². The van der Waals surface area contributed by atoms with Gasteiger partial charge in [0.15, 0.2) is 0 Å². The molecule has 3 nitrogen and oxygen atoms in total. The van der Waals surface area contributed by atoms with Crippen molar-refractivity contribution in [3.05, 3.63) is 176 Å². The maximum absolute atomic E-state index is 5.38. The summed E-state index contributed by atoms with van der Waals surface area (Å²) in [7, 11) is 0. The van der Waals surface area contributed by atoms with E-state index in [9.17, 15) is 0 Å².